The Morgan fingerprint density at radius 3 is 2.09 bits per heavy atom. The predicted molar refractivity (Wildman–Crippen MR) is 58.0 cm³/mol. The van der Waals surface area contributed by atoms with Gasteiger partial charge in [-0.2, -0.15) is 0 Å². The zero-order valence-corrected chi connectivity index (χ0v) is 11.2. The van der Waals surface area contributed by atoms with Crippen molar-refractivity contribution < 1.29 is 0 Å². The van der Waals surface area contributed by atoms with Crippen LogP contribution in [0, 0.1) is 0 Å². The van der Waals surface area contributed by atoms with Crippen molar-refractivity contribution in [2.24, 2.45) is 0 Å². The molecule has 0 heterocycles. The molecule has 0 aromatic rings. The Labute approximate surface area is 78.8 Å². The van der Waals surface area contributed by atoms with Crippen LogP contribution in [0.4, 0.5) is 0 Å². The van der Waals surface area contributed by atoms with Gasteiger partial charge in [0.2, 0.25) is 0 Å². The zero-order valence-electron chi connectivity index (χ0n) is 8.44. The van der Waals surface area contributed by atoms with Gasteiger partial charge in [0.05, 0.1) is 0 Å². The third-order valence-electron chi connectivity index (χ3n) is 1.53. The average molecular weight is 237 g/mol. The summed E-state index contributed by atoms with van der Waals surface area (Å²) in [7, 11) is 0. The van der Waals surface area contributed by atoms with E-state index < -0.39 is 6.68 Å². The Kier molecular flexibility index (Phi) is 6.69. The van der Waals surface area contributed by atoms with Gasteiger partial charge >= 0.3 is 78.6 Å². The van der Waals surface area contributed by atoms with Crippen LogP contribution < -0.4 is 0 Å². The monoisotopic (exact) mass is 238 g/mol. The van der Waals surface area contributed by atoms with Crippen LogP contribution in [0.15, 0.2) is 0 Å². The minimum absolute atomic E-state index is 0.655. The van der Waals surface area contributed by atoms with E-state index in [1.54, 1.807) is 5.32 Å². The summed E-state index contributed by atoms with van der Waals surface area (Å²) in [5, 5.41) is 1.54. The van der Waals surface area contributed by atoms with Gasteiger partial charge in [0.1, 0.15) is 0 Å². The molecular weight excluding hydrogens is 215 g/mol. The van der Waals surface area contributed by atoms with Crippen LogP contribution in [0.1, 0.15) is 32.6 Å². The second-order valence-electron chi connectivity index (χ2n) is 4.02. The third-order valence-corrected chi connectivity index (χ3v) is 9.94. The Morgan fingerprint density at radius 2 is 1.64 bits per heavy atom. The number of hydrogen-bond acceptors (Lipinski definition) is 0. The van der Waals surface area contributed by atoms with Crippen LogP contribution in [0.25, 0.3) is 0 Å². The van der Waals surface area contributed by atoms with Crippen molar-refractivity contribution in [2.45, 2.75) is 57.6 Å². The van der Waals surface area contributed by atoms with Crippen LogP contribution >= 0.6 is 0 Å². The van der Waals surface area contributed by atoms with Crippen LogP contribution in [-0.4, -0.2) is 21.0 Å². The molecular formula is C9H22SeSi. The molecule has 0 amide bonds. The van der Waals surface area contributed by atoms with E-state index in [0.717, 1.165) is 14.3 Å². The van der Waals surface area contributed by atoms with Gasteiger partial charge in [0.25, 0.3) is 0 Å². The van der Waals surface area contributed by atoms with Gasteiger partial charge in [-0.25, -0.2) is 0 Å². The first-order chi connectivity index (χ1) is 5.06. The van der Waals surface area contributed by atoms with Crippen LogP contribution in [0.3, 0.4) is 0 Å². The third kappa shape index (κ3) is 10.7. The van der Waals surface area contributed by atoms with E-state index in [0.29, 0.717) is 0 Å². The molecule has 0 aliphatic heterocycles. The van der Waals surface area contributed by atoms with E-state index >= 15 is 0 Å². The van der Waals surface area contributed by atoms with Gasteiger partial charge in [-0.1, -0.05) is 0 Å². The van der Waals surface area contributed by atoms with Crippen LogP contribution in [0.5, 0.6) is 0 Å². The summed E-state index contributed by atoms with van der Waals surface area (Å²) >= 11 is 1.00. The Morgan fingerprint density at radius 1 is 1.00 bits per heavy atom. The first kappa shape index (κ1) is 11.7. The molecule has 0 saturated heterocycles. The second kappa shape index (κ2) is 6.27. The van der Waals surface area contributed by atoms with Crippen LogP contribution in [0.2, 0.25) is 25.0 Å². The fraction of sp³-hybridized carbons (Fsp3) is 1.00. The predicted octanol–water partition coefficient (Wildman–Crippen LogP) is 3.52. The van der Waals surface area contributed by atoms with Crippen LogP contribution in [-0.2, 0) is 0 Å². The fourth-order valence-corrected chi connectivity index (χ4v) is 6.86. The summed E-state index contributed by atoms with van der Waals surface area (Å²) in [5.41, 5.74) is 0. The second-order valence-corrected chi connectivity index (χ2v) is 18.9. The van der Waals surface area contributed by atoms with E-state index in [2.05, 4.69) is 26.6 Å². The average Bonchev–Trinajstić information content (AvgIpc) is 1.85. The summed E-state index contributed by atoms with van der Waals surface area (Å²) in [6.45, 7) is 9.11. The standard InChI is InChI=1S/C9H22SeSi/c1-5-6-7-8-9-10-11(2,3)4/h5-9H2,1-4H3. The molecule has 0 saturated carbocycles. The molecule has 0 radical (unpaired) electrons. The summed E-state index contributed by atoms with van der Waals surface area (Å²) in [5.74, 6) is 0. The first-order valence-electron chi connectivity index (χ1n) is 4.70. The molecule has 0 aromatic carbocycles. The summed E-state index contributed by atoms with van der Waals surface area (Å²) in [4.78, 5) is 0. The molecule has 0 atom stereocenters. The quantitative estimate of drug-likeness (QED) is 0.490. The maximum atomic E-state index is 2.49. The summed E-state index contributed by atoms with van der Waals surface area (Å²) in [6.07, 6.45) is 5.79. The minimum atomic E-state index is -0.655. The molecule has 0 aromatic heterocycles. The van der Waals surface area contributed by atoms with E-state index in [-0.39, 0.29) is 0 Å². The molecule has 0 fully saturated rings. The molecule has 0 spiro atoms. The molecule has 2 heteroatoms. The van der Waals surface area contributed by atoms with E-state index in [1.165, 1.54) is 25.7 Å². The van der Waals surface area contributed by atoms with E-state index in [4.69, 9.17) is 0 Å². The Bertz CT molecular complexity index is 86.1. The van der Waals surface area contributed by atoms with Crippen molar-refractivity contribution in [1.29, 1.82) is 0 Å². The summed E-state index contributed by atoms with van der Waals surface area (Å²) in [6, 6.07) is 0. The van der Waals surface area contributed by atoms with Crippen molar-refractivity contribution in [3.05, 3.63) is 0 Å². The number of unbranched alkanes of at least 4 members (excludes halogenated alkanes) is 3. The van der Waals surface area contributed by atoms with Crippen molar-refractivity contribution in [2.75, 3.05) is 0 Å². The fourth-order valence-electron chi connectivity index (χ4n) is 0.907. The van der Waals surface area contributed by atoms with Gasteiger partial charge in [0, 0.05) is 0 Å². The van der Waals surface area contributed by atoms with Crippen molar-refractivity contribution >= 4 is 21.0 Å². The molecule has 0 aliphatic carbocycles. The molecule has 0 unspecified atom stereocenters. The van der Waals surface area contributed by atoms with Gasteiger partial charge in [-0.05, 0) is 0 Å². The first-order valence-corrected chi connectivity index (χ1v) is 11.9. The molecule has 0 rings (SSSR count). The summed E-state index contributed by atoms with van der Waals surface area (Å²) < 4.78 is 0. The zero-order chi connectivity index (χ0) is 8.74. The number of hydrogen-bond donors (Lipinski definition) is 0. The molecule has 68 valence electrons. The van der Waals surface area contributed by atoms with E-state index in [9.17, 15) is 0 Å². The van der Waals surface area contributed by atoms with E-state index in [1.807, 2.05) is 0 Å². The Hall–Kier alpha value is 0.736. The number of rotatable bonds is 6. The molecule has 0 nitrogen and oxygen atoms in total. The van der Waals surface area contributed by atoms with Crippen molar-refractivity contribution in [3.8, 4) is 0 Å². The van der Waals surface area contributed by atoms with Gasteiger partial charge in [-0.15, -0.1) is 0 Å². The Balaban J connectivity index is 3.02. The molecule has 0 N–H and O–H groups in total. The van der Waals surface area contributed by atoms with Crippen molar-refractivity contribution in [1.82, 2.24) is 0 Å². The SMILES string of the molecule is CCCCCC[Se][Si](C)(C)C. The van der Waals surface area contributed by atoms with Gasteiger partial charge < -0.3 is 0 Å². The van der Waals surface area contributed by atoms with Crippen molar-refractivity contribution in [3.63, 3.8) is 0 Å². The molecule has 0 bridgehead atoms. The normalized spacial score (nSPS) is 12.0. The topological polar surface area (TPSA) is 0 Å². The molecule has 11 heavy (non-hydrogen) atoms. The van der Waals surface area contributed by atoms with Gasteiger partial charge in [0.15, 0.2) is 0 Å². The molecule has 0 aliphatic rings. The van der Waals surface area contributed by atoms with Gasteiger partial charge in [-0.3, -0.25) is 0 Å². The maximum absolute atomic E-state index is 2.49.